The molecule has 0 aliphatic heterocycles. The van der Waals surface area contributed by atoms with Crippen molar-refractivity contribution in [3.63, 3.8) is 0 Å². The average Bonchev–Trinajstić information content (AvgIpc) is 2.16. The molecule has 0 atom stereocenters. The predicted molar refractivity (Wildman–Crippen MR) is 62.3 cm³/mol. The summed E-state index contributed by atoms with van der Waals surface area (Å²) in [6.07, 6.45) is 5.55. The van der Waals surface area contributed by atoms with Crippen LogP contribution in [0.15, 0.2) is 24.3 Å². The van der Waals surface area contributed by atoms with E-state index in [0.717, 1.165) is 17.9 Å². The Bertz CT molecular complexity index is 350. The summed E-state index contributed by atoms with van der Waals surface area (Å²) in [5, 5.41) is 0. The highest BCUT2D eigenvalue weighted by molar-refractivity contribution is 5.96. The van der Waals surface area contributed by atoms with Crippen LogP contribution in [0.4, 0.5) is 0 Å². The van der Waals surface area contributed by atoms with Crippen molar-refractivity contribution < 1.29 is 4.79 Å². The maximum absolute atomic E-state index is 11.7. The van der Waals surface area contributed by atoms with Gasteiger partial charge in [0.15, 0.2) is 5.78 Å². The maximum atomic E-state index is 11.7. The topological polar surface area (TPSA) is 17.1 Å². The molecule has 0 spiro atoms. The second-order valence-corrected chi connectivity index (χ2v) is 4.43. The van der Waals surface area contributed by atoms with Crippen LogP contribution in [0.1, 0.15) is 60.9 Å². The monoisotopic (exact) mass is 202 g/mol. The Balaban J connectivity index is 2.14. The fraction of sp³-hybridized carbons (Fsp3) is 0.500. The summed E-state index contributed by atoms with van der Waals surface area (Å²) in [6.45, 7) is 2.05. The molecule has 1 aromatic carbocycles. The van der Waals surface area contributed by atoms with Gasteiger partial charge in [0.2, 0.25) is 0 Å². The van der Waals surface area contributed by atoms with Crippen molar-refractivity contribution in [2.75, 3.05) is 0 Å². The van der Waals surface area contributed by atoms with Gasteiger partial charge in [0.25, 0.3) is 0 Å². The number of hydrogen-bond donors (Lipinski definition) is 0. The first-order chi connectivity index (χ1) is 7.31. The summed E-state index contributed by atoms with van der Waals surface area (Å²) in [4.78, 5) is 11.7. The Morgan fingerprint density at radius 2 is 2.20 bits per heavy atom. The van der Waals surface area contributed by atoms with E-state index in [9.17, 15) is 4.79 Å². The third-order valence-corrected chi connectivity index (χ3v) is 3.26. The van der Waals surface area contributed by atoms with Crippen molar-refractivity contribution in [1.82, 2.24) is 0 Å². The van der Waals surface area contributed by atoms with Crippen LogP contribution in [-0.2, 0) is 0 Å². The molecular formula is C14H18O. The van der Waals surface area contributed by atoms with Gasteiger partial charge in [-0.1, -0.05) is 31.5 Å². The van der Waals surface area contributed by atoms with Crippen LogP contribution in [-0.4, -0.2) is 5.78 Å². The van der Waals surface area contributed by atoms with E-state index in [4.69, 9.17) is 0 Å². The third-order valence-electron chi connectivity index (χ3n) is 3.26. The molecule has 1 heteroatoms. The molecule has 2 rings (SSSR count). The zero-order valence-corrected chi connectivity index (χ0v) is 9.33. The molecule has 1 aliphatic carbocycles. The fourth-order valence-electron chi connectivity index (χ4n) is 2.08. The van der Waals surface area contributed by atoms with E-state index < -0.39 is 0 Å². The number of rotatable bonds is 4. The molecule has 80 valence electrons. The molecule has 1 saturated carbocycles. The van der Waals surface area contributed by atoms with Crippen LogP contribution in [0, 0.1) is 0 Å². The van der Waals surface area contributed by atoms with Gasteiger partial charge in [-0.05, 0) is 36.8 Å². The number of hydrogen-bond acceptors (Lipinski definition) is 1. The van der Waals surface area contributed by atoms with E-state index in [1.54, 1.807) is 0 Å². The summed E-state index contributed by atoms with van der Waals surface area (Å²) in [5.74, 6) is 1.01. The first-order valence-corrected chi connectivity index (χ1v) is 5.94. The summed E-state index contributed by atoms with van der Waals surface area (Å²) in [5.41, 5.74) is 2.27. The summed E-state index contributed by atoms with van der Waals surface area (Å²) >= 11 is 0. The smallest absolute Gasteiger partial charge is 0.162 e. The van der Waals surface area contributed by atoms with E-state index >= 15 is 0 Å². The zero-order chi connectivity index (χ0) is 10.7. The first kappa shape index (κ1) is 10.4. The molecule has 1 fully saturated rings. The van der Waals surface area contributed by atoms with Gasteiger partial charge in [-0.15, -0.1) is 0 Å². The van der Waals surface area contributed by atoms with Crippen LogP contribution >= 0.6 is 0 Å². The second kappa shape index (κ2) is 4.61. The Labute approximate surface area is 91.5 Å². The lowest BCUT2D eigenvalue weighted by molar-refractivity contribution is 0.0981. The maximum Gasteiger partial charge on any atom is 0.162 e. The van der Waals surface area contributed by atoms with E-state index in [2.05, 4.69) is 12.1 Å². The Hall–Kier alpha value is -1.11. The molecule has 0 saturated heterocycles. The van der Waals surface area contributed by atoms with Gasteiger partial charge in [-0.25, -0.2) is 0 Å². The lowest BCUT2D eigenvalue weighted by atomic mass is 9.79. The van der Waals surface area contributed by atoms with Crippen LogP contribution in [0.5, 0.6) is 0 Å². The normalized spacial score (nSPS) is 16.1. The molecule has 1 aromatic rings. The van der Waals surface area contributed by atoms with Gasteiger partial charge in [0.1, 0.15) is 0 Å². The molecule has 1 nitrogen and oxygen atoms in total. The van der Waals surface area contributed by atoms with Crippen molar-refractivity contribution in [3.8, 4) is 0 Å². The third kappa shape index (κ3) is 2.28. The second-order valence-electron chi connectivity index (χ2n) is 4.43. The van der Waals surface area contributed by atoms with E-state index in [0.29, 0.717) is 12.2 Å². The zero-order valence-electron chi connectivity index (χ0n) is 9.33. The molecule has 0 amide bonds. The van der Waals surface area contributed by atoms with Crippen LogP contribution in [0.2, 0.25) is 0 Å². The Kier molecular flexibility index (Phi) is 3.20. The largest absolute Gasteiger partial charge is 0.294 e. The fourth-order valence-corrected chi connectivity index (χ4v) is 2.08. The first-order valence-electron chi connectivity index (χ1n) is 5.94. The molecule has 15 heavy (non-hydrogen) atoms. The number of carbonyl (C=O) groups excluding carboxylic acids is 1. The Morgan fingerprint density at radius 3 is 2.80 bits per heavy atom. The Morgan fingerprint density at radius 1 is 1.40 bits per heavy atom. The van der Waals surface area contributed by atoms with Crippen molar-refractivity contribution in [3.05, 3.63) is 35.4 Å². The minimum absolute atomic E-state index is 0.290. The van der Waals surface area contributed by atoms with Crippen molar-refractivity contribution in [2.45, 2.75) is 44.9 Å². The summed E-state index contributed by atoms with van der Waals surface area (Å²) < 4.78 is 0. The van der Waals surface area contributed by atoms with Gasteiger partial charge in [0, 0.05) is 12.0 Å². The van der Waals surface area contributed by atoms with Gasteiger partial charge in [-0.3, -0.25) is 4.79 Å². The molecule has 1 aliphatic rings. The van der Waals surface area contributed by atoms with Gasteiger partial charge < -0.3 is 0 Å². The van der Waals surface area contributed by atoms with Crippen LogP contribution in [0.25, 0.3) is 0 Å². The molecule has 0 radical (unpaired) electrons. The van der Waals surface area contributed by atoms with E-state index in [1.165, 1.54) is 24.8 Å². The number of carbonyl (C=O) groups is 1. The van der Waals surface area contributed by atoms with Gasteiger partial charge >= 0.3 is 0 Å². The van der Waals surface area contributed by atoms with Crippen molar-refractivity contribution in [2.24, 2.45) is 0 Å². The molecular weight excluding hydrogens is 184 g/mol. The molecule has 0 N–H and O–H groups in total. The standard InChI is InChI=1S/C14H18O/c1-2-5-14(15)13-9-4-8-12(10-13)11-6-3-7-11/h4,8-11H,2-3,5-7H2,1H3. The molecule has 0 heterocycles. The molecule has 0 aromatic heterocycles. The highest BCUT2D eigenvalue weighted by Crippen LogP contribution is 2.36. The highest BCUT2D eigenvalue weighted by atomic mass is 16.1. The van der Waals surface area contributed by atoms with E-state index in [1.807, 2.05) is 19.1 Å². The van der Waals surface area contributed by atoms with Gasteiger partial charge in [0.05, 0.1) is 0 Å². The predicted octanol–water partition coefficient (Wildman–Crippen LogP) is 3.94. The minimum atomic E-state index is 0.290. The van der Waals surface area contributed by atoms with E-state index in [-0.39, 0.29) is 0 Å². The molecule has 0 bridgehead atoms. The lowest BCUT2D eigenvalue weighted by Gasteiger charge is -2.26. The van der Waals surface area contributed by atoms with Crippen LogP contribution in [0.3, 0.4) is 0 Å². The molecule has 0 unspecified atom stereocenters. The number of ketones is 1. The quantitative estimate of drug-likeness (QED) is 0.676. The summed E-state index contributed by atoms with van der Waals surface area (Å²) in [7, 11) is 0. The van der Waals surface area contributed by atoms with Crippen molar-refractivity contribution in [1.29, 1.82) is 0 Å². The highest BCUT2D eigenvalue weighted by Gasteiger charge is 2.19. The number of Topliss-reactive ketones (excluding diaryl/α,β-unsaturated/α-hetero) is 1. The lowest BCUT2D eigenvalue weighted by Crippen LogP contribution is -2.09. The average molecular weight is 202 g/mol. The van der Waals surface area contributed by atoms with Crippen LogP contribution < -0.4 is 0 Å². The summed E-state index contributed by atoms with van der Waals surface area (Å²) in [6, 6.07) is 8.23. The van der Waals surface area contributed by atoms with Crippen molar-refractivity contribution >= 4 is 5.78 Å². The minimum Gasteiger partial charge on any atom is -0.294 e. The number of benzene rings is 1. The van der Waals surface area contributed by atoms with Gasteiger partial charge in [-0.2, -0.15) is 0 Å². The SMILES string of the molecule is CCCC(=O)c1cccc(C2CCC2)c1.